The van der Waals surface area contributed by atoms with Gasteiger partial charge in [0.1, 0.15) is 11.9 Å². The van der Waals surface area contributed by atoms with Crippen molar-refractivity contribution in [2.45, 2.75) is 45.3 Å². The second kappa shape index (κ2) is 7.27. The molecule has 1 saturated heterocycles. The van der Waals surface area contributed by atoms with Gasteiger partial charge in [0.05, 0.1) is 11.5 Å². The molecule has 1 N–H and O–H groups in total. The van der Waals surface area contributed by atoms with Crippen molar-refractivity contribution in [3.8, 4) is 5.75 Å². The fraction of sp³-hybridized carbons (Fsp3) is 0.625. The molecule has 118 valence electrons. The van der Waals surface area contributed by atoms with E-state index in [1.165, 1.54) is 0 Å². The predicted molar refractivity (Wildman–Crippen MR) is 85.6 cm³/mol. The smallest absolute Gasteiger partial charge is 0.151 e. The number of para-hydroxylation sites is 1. The Labute approximate surface area is 127 Å². The van der Waals surface area contributed by atoms with E-state index in [1.54, 1.807) is 0 Å². The molecule has 2 rings (SSSR count). The van der Waals surface area contributed by atoms with E-state index in [2.05, 4.69) is 12.2 Å². The zero-order chi connectivity index (χ0) is 15.3. The summed E-state index contributed by atoms with van der Waals surface area (Å²) in [5.41, 5.74) is 1.12. The van der Waals surface area contributed by atoms with Crippen LogP contribution in [-0.2, 0) is 9.84 Å². The molecule has 0 unspecified atom stereocenters. The highest BCUT2D eigenvalue weighted by Gasteiger charge is 2.25. The van der Waals surface area contributed by atoms with Gasteiger partial charge in [-0.1, -0.05) is 25.1 Å². The highest BCUT2D eigenvalue weighted by atomic mass is 32.2. The molecule has 2 atom stereocenters. The first kappa shape index (κ1) is 16.3. The number of sulfone groups is 1. The minimum absolute atomic E-state index is 0.0655. The summed E-state index contributed by atoms with van der Waals surface area (Å²) in [7, 11) is -2.86. The lowest BCUT2D eigenvalue weighted by molar-refractivity contribution is 0.187. The van der Waals surface area contributed by atoms with Crippen LogP contribution in [0.4, 0.5) is 0 Å². The van der Waals surface area contributed by atoms with Crippen molar-refractivity contribution in [1.82, 2.24) is 5.32 Å². The van der Waals surface area contributed by atoms with Crippen molar-refractivity contribution in [1.29, 1.82) is 0 Å². The maximum absolute atomic E-state index is 11.6. The Kier molecular flexibility index (Phi) is 5.65. The Hall–Kier alpha value is -1.07. The molecule has 21 heavy (non-hydrogen) atoms. The summed E-state index contributed by atoms with van der Waals surface area (Å²) < 4.78 is 29.3. The van der Waals surface area contributed by atoms with E-state index in [0.717, 1.165) is 30.6 Å². The monoisotopic (exact) mass is 311 g/mol. The molecule has 1 aromatic carbocycles. The Morgan fingerprint density at radius 3 is 2.81 bits per heavy atom. The molecule has 1 fully saturated rings. The molecule has 0 saturated carbocycles. The van der Waals surface area contributed by atoms with Gasteiger partial charge in [0.2, 0.25) is 0 Å². The molecule has 0 radical (unpaired) electrons. The van der Waals surface area contributed by atoms with E-state index in [-0.39, 0.29) is 17.9 Å². The maximum Gasteiger partial charge on any atom is 0.151 e. The lowest BCUT2D eigenvalue weighted by Crippen LogP contribution is -2.44. The van der Waals surface area contributed by atoms with Crippen molar-refractivity contribution in [3.05, 3.63) is 29.8 Å². The Morgan fingerprint density at radius 2 is 2.14 bits per heavy atom. The number of hydrogen-bond donors (Lipinski definition) is 1. The van der Waals surface area contributed by atoms with Crippen molar-refractivity contribution >= 4 is 9.84 Å². The Bertz CT molecular complexity index is 556. The summed E-state index contributed by atoms with van der Waals surface area (Å²) in [5, 5.41) is 3.36. The van der Waals surface area contributed by atoms with Gasteiger partial charge in [0.25, 0.3) is 0 Å². The summed E-state index contributed by atoms with van der Waals surface area (Å²) in [6, 6.07) is 8.04. The lowest BCUT2D eigenvalue weighted by atomic mass is 10.1. The molecule has 1 aliphatic rings. The standard InChI is InChI=1S/C16H25NO3S/c1-3-15(20-16-9-5-4-7-13(16)2)11-17-14-8-6-10-21(18,19)12-14/h4-5,7,9,14-15,17H,3,6,8,10-12H2,1-2H3/t14-,15+/m1/s1. The van der Waals surface area contributed by atoms with Crippen LogP contribution in [-0.4, -0.2) is 38.6 Å². The summed E-state index contributed by atoms with van der Waals surface area (Å²) in [6.45, 7) is 4.80. The molecule has 5 heteroatoms. The topological polar surface area (TPSA) is 55.4 Å². The quantitative estimate of drug-likeness (QED) is 0.876. The van der Waals surface area contributed by atoms with E-state index >= 15 is 0 Å². The molecule has 0 bridgehead atoms. The fourth-order valence-electron chi connectivity index (χ4n) is 2.62. The molecule has 1 aromatic rings. The van der Waals surface area contributed by atoms with Crippen LogP contribution in [0.3, 0.4) is 0 Å². The molecule has 0 spiro atoms. The highest BCUT2D eigenvalue weighted by molar-refractivity contribution is 7.91. The number of nitrogens with one attached hydrogen (secondary N) is 1. The zero-order valence-electron chi connectivity index (χ0n) is 12.8. The minimum Gasteiger partial charge on any atom is -0.489 e. The van der Waals surface area contributed by atoms with Crippen LogP contribution >= 0.6 is 0 Å². The van der Waals surface area contributed by atoms with E-state index < -0.39 is 9.84 Å². The average molecular weight is 311 g/mol. The van der Waals surface area contributed by atoms with Crippen LogP contribution < -0.4 is 10.1 Å². The van der Waals surface area contributed by atoms with Crippen LogP contribution in [0.5, 0.6) is 5.75 Å². The maximum atomic E-state index is 11.6. The molecular formula is C16H25NO3S. The van der Waals surface area contributed by atoms with Crippen LogP contribution in [0.15, 0.2) is 24.3 Å². The third-order valence-electron chi connectivity index (χ3n) is 3.94. The van der Waals surface area contributed by atoms with Gasteiger partial charge in [-0.25, -0.2) is 8.42 Å². The van der Waals surface area contributed by atoms with Gasteiger partial charge in [-0.15, -0.1) is 0 Å². The zero-order valence-corrected chi connectivity index (χ0v) is 13.7. The lowest BCUT2D eigenvalue weighted by Gasteiger charge is -2.26. The molecule has 0 aromatic heterocycles. The Balaban J connectivity index is 1.87. The normalized spacial score (nSPS) is 22.7. The van der Waals surface area contributed by atoms with E-state index in [9.17, 15) is 8.42 Å². The van der Waals surface area contributed by atoms with E-state index in [0.29, 0.717) is 12.3 Å². The number of ether oxygens (including phenoxy) is 1. The van der Waals surface area contributed by atoms with Crippen molar-refractivity contribution < 1.29 is 13.2 Å². The molecule has 0 aliphatic carbocycles. The fourth-order valence-corrected chi connectivity index (χ4v) is 4.29. The predicted octanol–water partition coefficient (Wildman–Crippen LogP) is 2.32. The largest absolute Gasteiger partial charge is 0.489 e. The summed E-state index contributed by atoms with van der Waals surface area (Å²) in [4.78, 5) is 0. The number of aryl methyl sites for hydroxylation is 1. The summed E-state index contributed by atoms with van der Waals surface area (Å²) in [6.07, 6.45) is 2.65. The van der Waals surface area contributed by atoms with E-state index in [4.69, 9.17) is 4.74 Å². The van der Waals surface area contributed by atoms with Gasteiger partial charge in [-0.2, -0.15) is 0 Å². The number of hydrogen-bond acceptors (Lipinski definition) is 4. The third kappa shape index (κ3) is 5.00. The second-order valence-corrected chi connectivity index (χ2v) is 8.00. The minimum atomic E-state index is -2.86. The molecular weight excluding hydrogens is 286 g/mol. The summed E-state index contributed by atoms with van der Waals surface area (Å²) in [5.74, 6) is 1.50. The first-order valence-electron chi connectivity index (χ1n) is 7.66. The third-order valence-corrected chi connectivity index (χ3v) is 5.76. The van der Waals surface area contributed by atoms with Gasteiger partial charge >= 0.3 is 0 Å². The first-order chi connectivity index (χ1) is 10.00. The van der Waals surface area contributed by atoms with Crippen molar-refractivity contribution in [2.75, 3.05) is 18.1 Å². The van der Waals surface area contributed by atoms with Crippen LogP contribution in [0, 0.1) is 6.92 Å². The summed E-state index contributed by atoms with van der Waals surface area (Å²) >= 11 is 0. The van der Waals surface area contributed by atoms with Crippen molar-refractivity contribution in [3.63, 3.8) is 0 Å². The van der Waals surface area contributed by atoms with Gasteiger partial charge < -0.3 is 10.1 Å². The molecule has 1 heterocycles. The SMILES string of the molecule is CC[C@@H](CN[C@@H]1CCCS(=O)(=O)C1)Oc1ccccc1C. The van der Waals surface area contributed by atoms with Gasteiger partial charge in [0, 0.05) is 12.6 Å². The van der Waals surface area contributed by atoms with Gasteiger partial charge in [0.15, 0.2) is 9.84 Å². The first-order valence-corrected chi connectivity index (χ1v) is 9.48. The van der Waals surface area contributed by atoms with Crippen LogP contribution in [0.2, 0.25) is 0 Å². The molecule has 4 nitrogen and oxygen atoms in total. The average Bonchev–Trinajstić information content (AvgIpc) is 2.44. The molecule has 1 aliphatic heterocycles. The number of rotatable bonds is 6. The highest BCUT2D eigenvalue weighted by Crippen LogP contribution is 2.19. The van der Waals surface area contributed by atoms with E-state index in [1.807, 2.05) is 31.2 Å². The van der Waals surface area contributed by atoms with Crippen LogP contribution in [0.25, 0.3) is 0 Å². The molecule has 0 amide bonds. The van der Waals surface area contributed by atoms with Gasteiger partial charge in [-0.05, 0) is 37.8 Å². The van der Waals surface area contributed by atoms with Crippen LogP contribution in [0.1, 0.15) is 31.7 Å². The Morgan fingerprint density at radius 1 is 1.38 bits per heavy atom. The second-order valence-electron chi connectivity index (χ2n) is 5.78. The van der Waals surface area contributed by atoms with Gasteiger partial charge in [-0.3, -0.25) is 0 Å². The number of benzene rings is 1. The van der Waals surface area contributed by atoms with Crippen molar-refractivity contribution in [2.24, 2.45) is 0 Å².